The molecule has 5 nitrogen and oxygen atoms in total. The smallest absolute Gasteiger partial charge is 0.305 e. The van der Waals surface area contributed by atoms with Crippen LogP contribution in [0.2, 0.25) is 0 Å². The molecule has 17 heavy (non-hydrogen) atoms. The summed E-state index contributed by atoms with van der Waals surface area (Å²) in [5, 5.41) is 8.64. The van der Waals surface area contributed by atoms with Crippen molar-refractivity contribution in [2.45, 2.75) is 58.5 Å². The first kappa shape index (κ1) is 15.9. The SMILES string of the molecule is CCCCC(N)C(=O)N(CCC(=O)O)C(C)C. The first-order valence-electron chi connectivity index (χ1n) is 6.18. The molecule has 0 aliphatic heterocycles. The molecule has 0 aromatic rings. The van der Waals surface area contributed by atoms with Crippen LogP contribution in [0.5, 0.6) is 0 Å². The fourth-order valence-corrected chi connectivity index (χ4v) is 1.60. The minimum Gasteiger partial charge on any atom is -0.481 e. The topological polar surface area (TPSA) is 83.6 Å². The van der Waals surface area contributed by atoms with Crippen molar-refractivity contribution in [2.75, 3.05) is 6.54 Å². The maximum Gasteiger partial charge on any atom is 0.305 e. The summed E-state index contributed by atoms with van der Waals surface area (Å²) < 4.78 is 0. The van der Waals surface area contributed by atoms with Crippen LogP contribution in [-0.4, -0.2) is 40.5 Å². The Morgan fingerprint density at radius 2 is 1.94 bits per heavy atom. The molecule has 0 radical (unpaired) electrons. The molecule has 0 heterocycles. The predicted molar refractivity (Wildman–Crippen MR) is 66.6 cm³/mol. The van der Waals surface area contributed by atoms with Crippen LogP contribution in [0.3, 0.4) is 0 Å². The Kier molecular flexibility index (Phi) is 7.54. The third-order valence-corrected chi connectivity index (χ3v) is 2.66. The Morgan fingerprint density at radius 1 is 1.35 bits per heavy atom. The average Bonchev–Trinajstić information content (AvgIpc) is 2.24. The number of aliphatic carboxylic acids is 1. The summed E-state index contributed by atoms with van der Waals surface area (Å²) in [5.74, 6) is -1.04. The third-order valence-electron chi connectivity index (χ3n) is 2.66. The summed E-state index contributed by atoms with van der Waals surface area (Å²) in [4.78, 5) is 24.1. The van der Waals surface area contributed by atoms with E-state index in [9.17, 15) is 9.59 Å². The third kappa shape index (κ3) is 6.26. The Morgan fingerprint density at radius 3 is 2.35 bits per heavy atom. The summed E-state index contributed by atoms with van der Waals surface area (Å²) in [7, 11) is 0. The lowest BCUT2D eigenvalue weighted by Crippen LogP contribution is -2.47. The van der Waals surface area contributed by atoms with Gasteiger partial charge in [0.15, 0.2) is 0 Å². The van der Waals surface area contributed by atoms with E-state index in [0.717, 1.165) is 12.8 Å². The van der Waals surface area contributed by atoms with E-state index < -0.39 is 12.0 Å². The normalized spacial score (nSPS) is 12.5. The van der Waals surface area contributed by atoms with Crippen LogP contribution in [0.15, 0.2) is 0 Å². The lowest BCUT2D eigenvalue weighted by molar-refractivity contribution is -0.139. The van der Waals surface area contributed by atoms with Crippen molar-refractivity contribution in [1.82, 2.24) is 4.90 Å². The lowest BCUT2D eigenvalue weighted by Gasteiger charge is -2.28. The molecule has 3 N–H and O–H groups in total. The second-order valence-corrected chi connectivity index (χ2v) is 4.52. The summed E-state index contributed by atoms with van der Waals surface area (Å²) in [6, 6.07) is -0.527. The van der Waals surface area contributed by atoms with E-state index in [1.54, 1.807) is 4.90 Å². The van der Waals surface area contributed by atoms with Crippen molar-refractivity contribution < 1.29 is 14.7 Å². The summed E-state index contributed by atoms with van der Waals surface area (Å²) in [5.41, 5.74) is 5.81. The van der Waals surface area contributed by atoms with Crippen molar-refractivity contribution in [3.05, 3.63) is 0 Å². The van der Waals surface area contributed by atoms with Gasteiger partial charge in [0.1, 0.15) is 0 Å². The van der Waals surface area contributed by atoms with Crippen molar-refractivity contribution in [1.29, 1.82) is 0 Å². The van der Waals surface area contributed by atoms with Crippen molar-refractivity contribution in [3.8, 4) is 0 Å². The van der Waals surface area contributed by atoms with Gasteiger partial charge in [-0.1, -0.05) is 19.8 Å². The molecule has 0 aliphatic rings. The van der Waals surface area contributed by atoms with E-state index in [-0.39, 0.29) is 24.9 Å². The number of nitrogens with two attached hydrogens (primary N) is 1. The van der Waals surface area contributed by atoms with Gasteiger partial charge in [0.2, 0.25) is 5.91 Å². The number of rotatable bonds is 8. The number of carboxylic acids is 1. The summed E-state index contributed by atoms with van der Waals surface area (Å²) in [6.07, 6.45) is 2.53. The highest BCUT2D eigenvalue weighted by Crippen LogP contribution is 2.07. The zero-order valence-corrected chi connectivity index (χ0v) is 11.0. The molecule has 0 aliphatic carbocycles. The minimum absolute atomic E-state index is 0.0190. The fourth-order valence-electron chi connectivity index (χ4n) is 1.60. The molecule has 0 aromatic carbocycles. The van der Waals surface area contributed by atoms with Crippen LogP contribution in [-0.2, 0) is 9.59 Å². The van der Waals surface area contributed by atoms with Crippen molar-refractivity contribution in [3.63, 3.8) is 0 Å². The zero-order valence-electron chi connectivity index (χ0n) is 11.0. The molecule has 1 unspecified atom stereocenters. The minimum atomic E-state index is -0.898. The van der Waals surface area contributed by atoms with Gasteiger partial charge >= 0.3 is 5.97 Å². The van der Waals surface area contributed by atoms with Crippen LogP contribution >= 0.6 is 0 Å². The second-order valence-electron chi connectivity index (χ2n) is 4.52. The first-order chi connectivity index (χ1) is 7.90. The molecular weight excluding hydrogens is 220 g/mol. The molecular formula is C12H24N2O3. The van der Waals surface area contributed by atoms with Crippen LogP contribution in [0.25, 0.3) is 0 Å². The maximum absolute atomic E-state index is 12.0. The Hall–Kier alpha value is -1.10. The molecule has 0 spiro atoms. The zero-order chi connectivity index (χ0) is 13.4. The molecule has 5 heteroatoms. The molecule has 0 aromatic heterocycles. The maximum atomic E-state index is 12.0. The quantitative estimate of drug-likeness (QED) is 0.672. The van der Waals surface area contributed by atoms with Gasteiger partial charge in [-0.3, -0.25) is 9.59 Å². The average molecular weight is 244 g/mol. The van der Waals surface area contributed by atoms with Gasteiger partial charge in [0, 0.05) is 12.6 Å². The monoisotopic (exact) mass is 244 g/mol. The number of carbonyl (C=O) groups is 2. The highest BCUT2D eigenvalue weighted by atomic mass is 16.4. The molecule has 0 bridgehead atoms. The van der Waals surface area contributed by atoms with Crippen LogP contribution in [0.1, 0.15) is 46.5 Å². The number of hydrogen-bond donors (Lipinski definition) is 2. The lowest BCUT2D eigenvalue weighted by atomic mass is 10.1. The highest BCUT2D eigenvalue weighted by Gasteiger charge is 2.23. The number of amides is 1. The number of nitrogens with zero attached hydrogens (tertiary/aromatic N) is 1. The molecule has 0 fully saturated rings. The van der Waals surface area contributed by atoms with E-state index in [1.165, 1.54) is 0 Å². The fraction of sp³-hybridized carbons (Fsp3) is 0.833. The van der Waals surface area contributed by atoms with E-state index in [1.807, 2.05) is 20.8 Å². The number of unbranched alkanes of at least 4 members (excludes halogenated alkanes) is 1. The number of carbonyl (C=O) groups excluding carboxylic acids is 1. The van der Waals surface area contributed by atoms with Gasteiger partial charge in [-0.2, -0.15) is 0 Å². The van der Waals surface area contributed by atoms with Crippen molar-refractivity contribution in [2.24, 2.45) is 5.73 Å². The molecule has 1 atom stereocenters. The molecule has 0 saturated carbocycles. The molecule has 0 saturated heterocycles. The van der Waals surface area contributed by atoms with E-state index in [0.29, 0.717) is 6.42 Å². The van der Waals surface area contributed by atoms with Crippen LogP contribution < -0.4 is 5.73 Å². The van der Waals surface area contributed by atoms with Gasteiger partial charge in [0.25, 0.3) is 0 Å². The number of hydrogen-bond acceptors (Lipinski definition) is 3. The van der Waals surface area contributed by atoms with Gasteiger partial charge in [0.05, 0.1) is 12.5 Å². The summed E-state index contributed by atoms with van der Waals surface area (Å²) in [6.45, 7) is 6.01. The summed E-state index contributed by atoms with van der Waals surface area (Å²) >= 11 is 0. The van der Waals surface area contributed by atoms with Gasteiger partial charge in [-0.05, 0) is 20.3 Å². The Bertz CT molecular complexity index is 254. The molecule has 0 rings (SSSR count). The van der Waals surface area contributed by atoms with Gasteiger partial charge < -0.3 is 15.7 Å². The molecule has 100 valence electrons. The highest BCUT2D eigenvalue weighted by molar-refractivity contribution is 5.82. The Labute approximate surface area is 103 Å². The van der Waals surface area contributed by atoms with Crippen LogP contribution in [0, 0.1) is 0 Å². The molecule has 1 amide bonds. The Balaban J connectivity index is 4.37. The van der Waals surface area contributed by atoms with E-state index in [4.69, 9.17) is 10.8 Å². The largest absolute Gasteiger partial charge is 0.481 e. The number of carboxylic acid groups (broad SMARTS) is 1. The standard InChI is InChI=1S/C12H24N2O3/c1-4-5-6-10(13)12(17)14(9(2)3)8-7-11(15)16/h9-10H,4-8,13H2,1-3H3,(H,15,16). The second kappa shape index (κ2) is 8.06. The van der Waals surface area contributed by atoms with Crippen molar-refractivity contribution >= 4 is 11.9 Å². The first-order valence-corrected chi connectivity index (χ1v) is 6.18. The van der Waals surface area contributed by atoms with Crippen LogP contribution in [0.4, 0.5) is 0 Å². The predicted octanol–water partition coefficient (Wildman–Crippen LogP) is 1.22. The van der Waals surface area contributed by atoms with Gasteiger partial charge in [-0.15, -0.1) is 0 Å². The van der Waals surface area contributed by atoms with E-state index >= 15 is 0 Å². The van der Waals surface area contributed by atoms with E-state index in [2.05, 4.69) is 0 Å². The van der Waals surface area contributed by atoms with Gasteiger partial charge in [-0.25, -0.2) is 0 Å².